The Morgan fingerprint density at radius 2 is 2.00 bits per heavy atom. The molecule has 0 N–H and O–H groups in total. The van der Waals surface area contributed by atoms with E-state index in [4.69, 9.17) is 12.6 Å². The molecule has 0 fully saturated rings. The molecule has 0 amide bonds. The van der Waals surface area contributed by atoms with E-state index < -0.39 is 13.7 Å². The maximum atomic E-state index is 7.92. The zero-order valence-corrected chi connectivity index (χ0v) is 13.4. The Morgan fingerprint density at radius 1 is 1.08 bits per heavy atom. The molecule has 1 aromatic carbocycles. The van der Waals surface area contributed by atoms with Crippen molar-refractivity contribution in [3.8, 4) is 11.3 Å². The molecule has 0 saturated heterocycles. The SMILES string of the molecule is [2H]C([2H])([2H])c1ccc2c(n1)oc1c(-c3cc(C([2H])([2H])[2H])c(C(C)C)cn3)cccc12. The van der Waals surface area contributed by atoms with Crippen LogP contribution in [0.3, 0.4) is 0 Å². The van der Waals surface area contributed by atoms with Gasteiger partial charge in [-0.2, -0.15) is 0 Å². The summed E-state index contributed by atoms with van der Waals surface area (Å²) in [5, 5.41) is 1.45. The second-order valence-corrected chi connectivity index (χ2v) is 6.15. The van der Waals surface area contributed by atoms with Crippen LogP contribution in [0.5, 0.6) is 0 Å². The predicted octanol–water partition coefficient (Wildman–Crippen LogP) is 5.78. The first kappa shape index (κ1) is 9.58. The number of para-hydroxylation sites is 1. The van der Waals surface area contributed by atoms with E-state index in [-0.39, 0.29) is 22.9 Å². The van der Waals surface area contributed by atoms with Crippen LogP contribution in [0.15, 0.2) is 47.0 Å². The van der Waals surface area contributed by atoms with E-state index >= 15 is 0 Å². The molecule has 0 radical (unpaired) electrons. The average molecular weight is 322 g/mol. The minimum absolute atomic E-state index is 0.0199. The molecule has 3 nitrogen and oxygen atoms in total. The Bertz CT molecular complexity index is 1250. The van der Waals surface area contributed by atoms with Crippen LogP contribution in [-0.4, -0.2) is 9.97 Å². The van der Waals surface area contributed by atoms with Crippen LogP contribution in [0.25, 0.3) is 33.3 Å². The molecular weight excluding hydrogens is 296 g/mol. The minimum Gasteiger partial charge on any atom is -0.437 e. The number of hydrogen-bond acceptors (Lipinski definition) is 3. The first-order chi connectivity index (χ1) is 14.0. The highest BCUT2D eigenvalue weighted by Gasteiger charge is 2.15. The maximum Gasteiger partial charge on any atom is 0.227 e. The Morgan fingerprint density at radius 3 is 2.79 bits per heavy atom. The number of hydrogen-bond donors (Lipinski definition) is 0. The van der Waals surface area contributed by atoms with Crippen molar-refractivity contribution in [1.29, 1.82) is 0 Å². The minimum atomic E-state index is -2.33. The maximum absolute atomic E-state index is 7.92. The molecule has 0 unspecified atom stereocenters. The number of fused-ring (bicyclic) bond motifs is 3. The molecule has 0 spiro atoms. The highest BCUT2D eigenvalue weighted by molar-refractivity contribution is 6.08. The average Bonchev–Trinajstić information content (AvgIpc) is 3.04. The zero-order chi connectivity index (χ0) is 21.8. The molecule has 0 bridgehead atoms. The molecule has 120 valence electrons. The molecule has 0 aliphatic rings. The van der Waals surface area contributed by atoms with Gasteiger partial charge in [0.15, 0.2) is 0 Å². The number of rotatable bonds is 2. The highest BCUT2D eigenvalue weighted by atomic mass is 16.3. The lowest BCUT2D eigenvalue weighted by Gasteiger charge is -2.11. The Hall–Kier alpha value is -2.68. The van der Waals surface area contributed by atoms with Crippen LogP contribution >= 0.6 is 0 Å². The van der Waals surface area contributed by atoms with Crippen LogP contribution in [0.1, 0.15) is 44.8 Å². The molecule has 4 aromatic rings. The number of aromatic nitrogens is 2. The molecule has 0 saturated carbocycles. The van der Waals surface area contributed by atoms with Crippen molar-refractivity contribution < 1.29 is 12.6 Å². The second kappa shape index (κ2) is 5.45. The summed E-state index contributed by atoms with van der Waals surface area (Å²) in [5.41, 5.74) is 2.72. The molecule has 24 heavy (non-hydrogen) atoms. The van der Waals surface area contributed by atoms with Gasteiger partial charge in [0, 0.05) is 36.5 Å². The summed E-state index contributed by atoms with van der Waals surface area (Å²) < 4.78 is 52.4. The summed E-state index contributed by atoms with van der Waals surface area (Å²) in [4.78, 5) is 8.67. The molecule has 3 heterocycles. The summed E-state index contributed by atoms with van der Waals surface area (Å²) in [7, 11) is 0. The van der Waals surface area contributed by atoms with Gasteiger partial charge in [0.1, 0.15) is 5.58 Å². The highest BCUT2D eigenvalue weighted by Crippen LogP contribution is 2.35. The van der Waals surface area contributed by atoms with E-state index in [0.717, 1.165) is 5.39 Å². The number of pyridine rings is 2. The van der Waals surface area contributed by atoms with Crippen LogP contribution < -0.4 is 0 Å². The van der Waals surface area contributed by atoms with Gasteiger partial charge < -0.3 is 4.42 Å². The topological polar surface area (TPSA) is 38.9 Å². The summed E-state index contributed by atoms with van der Waals surface area (Å²) in [6.45, 7) is -0.742. The molecule has 0 aliphatic carbocycles. The van der Waals surface area contributed by atoms with Crippen molar-refractivity contribution in [2.75, 3.05) is 0 Å². The molecule has 4 rings (SSSR count). The second-order valence-electron chi connectivity index (χ2n) is 6.15. The zero-order valence-electron chi connectivity index (χ0n) is 19.4. The van der Waals surface area contributed by atoms with Crippen molar-refractivity contribution in [3.63, 3.8) is 0 Å². The van der Waals surface area contributed by atoms with Gasteiger partial charge in [0.05, 0.1) is 5.69 Å². The van der Waals surface area contributed by atoms with Crippen LogP contribution in [0.4, 0.5) is 0 Å². The lowest BCUT2D eigenvalue weighted by atomic mass is 9.98. The number of furan rings is 1. The summed E-state index contributed by atoms with van der Waals surface area (Å²) in [5.74, 6) is 0.0199. The Balaban J connectivity index is 1.95. The van der Waals surface area contributed by atoms with Gasteiger partial charge in [-0.25, -0.2) is 4.98 Å². The van der Waals surface area contributed by atoms with E-state index in [1.807, 2.05) is 26.0 Å². The quantitative estimate of drug-likeness (QED) is 0.469. The fourth-order valence-electron chi connectivity index (χ4n) is 2.95. The standard InChI is InChI=1S/C21H20N2O/c1-12(2)18-11-22-19(10-13(18)3)17-7-5-6-15-16-9-8-14(4)23-21(16)24-20(15)17/h5-12H,1-4H3/i3D3,4D3. The lowest BCUT2D eigenvalue weighted by Crippen LogP contribution is -1.95. The lowest BCUT2D eigenvalue weighted by molar-refractivity contribution is 0.653. The van der Waals surface area contributed by atoms with E-state index in [1.54, 1.807) is 24.4 Å². The fraction of sp³-hybridized carbons (Fsp3) is 0.238. The number of nitrogens with zero attached hydrogens (tertiary/aromatic N) is 2. The molecule has 3 heteroatoms. The van der Waals surface area contributed by atoms with E-state index in [9.17, 15) is 0 Å². The van der Waals surface area contributed by atoms with Gasteiger partial charge in [0.2, 0.25) is 5.71 Å². The normalized spacial score (nSPS) is 16.5. The van der Waals surface area contributed by atoms with Gasteiger partial charge in [-0.15, -0.1) is 0 Å². The molecule has 0 atom stereocenters. The van der Waals surface area contributed by atoms with E-state index in [2.05, 4.69) is 9.97 Å². The summed E-state index contributed by atoms with van der Waals surface area (Å²) >= 11 is 0. The van der Waals surface area contributed by atoms with Crippen molar-refractivity contribution in [3.05, 3.63) is 59.4 Å². The molecular formula is C21H20N2O. The van der Waals surface area contributed by atoms with E-state index in [1.165, 1.54) is 6.07 Å². The van der Waals surface area contributed by atoms with Crippen molar-refractivity contribution in [2.45, 2.75) is 33.5 Å². The van der Waals surface area contributed by atoms with Crippen LogP contribution in [0.2, 0.25) is 0 Å². The van der Waals surface area contributed by atoms with Gasteiger partial charge >= 0.3 is 0 Å². The Kier molecular flexibility index (Phi) is 2.17. The van der Waals surface area contributed by atoms with Gasteiger partial charge in [-0.05, 0) is 55.0 Å². The van der Waals surface area contributed by atoms with Crippen molar-refractivity contribution in [2.24, 2.45) is 0 Å². The van der Waals surface area contributed by atoms with E-state index in [0.29, 0.717) is 27.8 Å². The van der Waals surface area contributed by atoms with Gasteiger partial charge in [-0.3, -0.25) is 4.98 Å². The third kappa shape index (κ3) is 2.28. The monoisotopic (exact) mass is 322 g/mol. The van der Waals surface area contributed by atoms with Gasteiger partial charge in [-0.1, -0.05) is 26.0 Å². The van der Waals surface area contributed by atoms with Crippen LogP contribution in [-0.2, 0) is 0 Å². The Labute approximate surface area is 149 Å². The van der Waals surface area contributed by atoms with Crippen LogP contribution in [0, 0.1) is 13.7 Å². The first-order valence-electron chi connectivity index (χ1n) is 10.8. The smallest absolute Gasteiger partial charge is 0.227 e. The van der Waals surface area contributed by atoms with Gasteiger partial charge in [0.25, 0.3) is 0 Å². The van der Waals surface area contributed by atoms with Crippen molar-refractivity contribution >= 4 is 22.1 Å². The van der Waals surface area contributed by atoms with Crippen molar-refractivity contribution in [1.82, 2.24) is 9.97 Å². The summed E-state index contributed by atoms with van der Waals surface area (Å²) in [6.07, 6.45) is 1.61. The molecule has 3 aromatic heterocycles. The first-order valence-corrected chi connectivity index (χ1v) is 7.80. The third-order valence-corrected chi connectivity index (χ3v) is 4.20. The molecule has 0 aliphatic heterocycles. The number of aryl methyl sites for hydroxylation is 2. The fourth-order valence-corrected chi connectivity index (χ4v) is 2.95. The largest absolute Gasteiger partial charge is 0.437 e. The summed E-state index contributed by atoms with van der Waals surface area (Å²) in [6, 6.07) is 10.2. The predicted molar refractivity (Wildman–Crippen MR) is 98.3 cm³/mol. The third-order valence-electron chi connectivity index (χ3n) is 4.20. The number of benzene rings is 1.